The van der Waals surface area contributed by atoms with Crippen LogP contribution in [0, 0.1) is 6.92 Å². The molecule has 0 aliphatic carbocycles. The van der Waals surface area contributed by atoms with E-state index in [0.29, 0.717) is 21.3 Å². The van der Waals surface area contributed by atoms with Crippen LogP contribution in [0.2, 0.25) is 0 Å². The molecular formula is C23H21BrN2O6S. The van der Waals surface area contributed by atoms with Gasteiger partial charge >= 0.3 is 5.97 Å². The van der Waals surface area contributed by atoms with Crippen molar-refractivity contribution >= 4 is 38.1 Å². The lowest BCUT2D eigenvalue weighted by Gasteiger charge is -2.12. The first-order chi connectivity index (χ1) is 15.7. The fourth-order valence-corrected chi connectivity index (χ4v) is 4.06. The molecule has 0 aliphatic heterocycles. The second-order valence-electron chi connectivity index (χ2n) is 6.82. The fraction of sp³-hybridized carbons (Fsp3) is 0.130. The highest BCUT2D eigenvalue weighted by Crippen LogP contribution is 2.37. The highest BCUT2D eigenvalue weighted by Gasteiger charge is 2.17. The van der Waals surface area contributed by atoms with Crippen LogP contribution >= 0.6 is 15.9 Å². The highest BCUT2D eigenvalue weighted by atomic mass is 79.9. The minimum absolute atomic E-state index is 0.102. The molecule has 0 aliphatic rings. The van der Waals surface area contributed by atoms with E-state index in [0.717, 1.165) is 5.56 Å². The van der Waals surface area contributed by atoms with E-state index < -0.39 is 16.0 Å². The van der Waals surface area contributed by atoms with Crippen LogP contribution in [0.4, 0.5) is 0 Å². The van der Waals surface area contributed by atoms with Gasteiger partial charge in [-0.25, -0.2) is 9.63 Å². The molecule has 3 rings (SSSR count). The molecule has 0 saturated heterocycles. The number of aryl methyl sites for hydroxylation is 1. The quantitative estimate of drug-likeness (QED) is 0.200. The maximum Gasteiger partial charge on any atom is 0.343 e. The van der Waals surface area contributed by atoms with Crippen molar-refractivity contribution in [2.75, 3.05) is 14.2 Å². The van der Waals surface area contributed by atoms with Crippen molar-refractivity contribution in [3.8, 4) is 17.2 Å². The van der Waals surface area contributed by atoms with Gasteiger partial charge in [0.25, 0.3) is 10.0 Å². The number of halogens is 1. The summed E-state index contributed by atoms with van der Waals surface area (Å²) < 4.78 is 41.0. The lowest BCUT2D eigenvalue weighted by Crippen LogP contribution is -2.18. The summed E-state index contributed by atoms with van der Waals surface area (Å²) in [5.41, 5.74) is 1.79. The molecular weight excluding hydrogens is 512 g/mol. The summed E-state index contributed by atoms with van der Waals surface area (Å²) in [6, 6.07) is 16.1. The molecule has 1 N–H and O–H groups in total. The molecule has 0 saturated carbocycles. The van der Waals surface area contributed by atoms with E-state index in [-0.39, 0.29) is 16.4 Å². The predicted molar refractivity (Wildman–Crippen MR) is 128 cm³/mol. The van der Waals surface area contributed by atoms with Crippen LogP contribution in [0.1, 0.15) is 21.5 Å². The number of ether oxygens (including phenoxy) is 3. The molecule has 0 heterocycles. The first kappa shape index (κ1) is 24.3. The van der Waals surface area contributed by atoms with Crippen molar-refractivity contribution < 1.29 is 27.4 Å². The minimum atomic E-state index is -3.80. The Morgan fingerprint density at radius 2 is 1.67 bits per heavy atom. The van der Waals surface area contributed by atoms with Gasteiger partial charge in [0.15, 0.2) is 11.5 Å². The number of methoxy groups -OCH3 is 2. The van der Waals surface area contributed by atoms with Gasteiger partial charge in [-0.3, -0.25) is 0 Å². The van der Waals surface area contributed by atoms with Gasteiger partial charge in [0.1, 0.15) is 5.75 Å². The van der Waals surface area contributed by atoms with Crippen molar-refractivity contribution in [1.29, 1.82) is 0 Å². The number of carbonyl (C=O) groups is 1. The number of esters is 1. The maximum atomic E-state index is 12.5. The largest absolute Gasteiger partial charge is 0.497 e. The second kappa shape index (κ2) is 10.5. The van der Waals surface area contributed by atoms with E-state index in [9.17, 15) is 13.2 Å². The maximum absolute atomic E-state index is 12.5. The average molecular weight is 533 g/mol. The minimum Gasteiger partial charge on any atom is -0.497 e. The second-order valence-corrected chi connectivity index (χ2v) is 9.33. The highest BCUT2D eigenvalue weighted by molar-refractivity contribution is 9.10. The van der Waals surface area contributed by atoms with Crippen LogP contribution in [0.15, 0.2) is 75.1 Å². The van der Waals surface area contributed by atoms with E-state index >= 15 is 0 Å². The zero-order chi connectivity index (χ0) is 24.0. The zero-order valence-electron chi connectivity index (χ0n) is 18.0. The Morgan fingerprint density at radius 3 is 2.27 bits per heavy atom. The number of benzene rings is 3. The lowest BCUT2D eigenvalue weighted by atomic mass is 10.2. The molecule has 0 atom stereocenters. The normalized spacial score (nSPS) is 11.3. The summed E-state index contributed by atoms with van der Waals surface area (Å²) in [5, 5.41) is 3.82. The van der Waals surface area contributed by atoms with Gasteiger partial charge in [-0.1, -0.05) is 17.7 Å². The molecule has 0 amide bonds. The van der Waals surface area contributed by atoms with Gasteiger partial charge in [-0.15, -0.1) is 0 Å². The Kier molecular flexibility index (Phi) is 7.72. The summed E-state index contributed by atoms with van der Waals surface area (Å²) in [5.74, 6) is 0.473. The molecule has 172 valence electrons. The van der Waals surface area contributed by atoms with Gasteiger partial charge in [-0.05, 0) is 76.9 Å². The number of sulfonamides is 1. The Balaban J connectivity index is 1.76. The number of hydrazone groups is 1. The van der Waals surface area contributed by atoms with E-state index in [2.05, 4.69) is 25.9 Å². The average Bonchev–Trinajstić information content (AvgIpc) is 2.80. The van der Waals surface area contributed by atoms with Gasteiger partial charge < -0.3 is 14.2 Å². The Labute approximate surface area is 200 Å². The van der Waals surface area contributed by atoms with Gasteiger partial charge in [0.2, 0.25) is 0 Å². The van der Waals surface area contributed by atoms with Crippen LogP contribution in [0.5, 0.6) is 17.2 Å². The molecule has 3 aromatic rings. The van der Waals surface area contributed by atoms with Crippen molar-refractivity contribution in [2.24, 2.45) is 5.10 Å². The summed E-state index contributed by atoms with van der Waals surface area (Å²) in [4.78, 5) is 14.8. The van der Waals surface area contributed by atoms with Crippen molar-refractivity contribution in [2.45, 2.75) is 11.8 Å². The third kappa shape index (κ3) is 6.11. The van der Waals surface area contributed by atoms with Crippen LogP contribution in [-0.4, -0.2) is 34.8 Å². The molecule has 0 unspecified atom stereocenters. The number of nitrogens with one attached hydrogen (secondary N) is 1. The topological polar surface area (TPSA) is 103 Å². The number of hydrogen-bond donors (Lipinski definition) is 1. The molecule has 3 aromatic carbocycles. The summed E-state index contributed by atoms with van der Waals surface area (Å²) in [7, 11) is -0.842. The molecule has 10 heteroatoms. The number of carbonyl (C=O) groups excluding carboxylic acids is 1. The Morgan fingerprint density at radius 1 is 1.00 bits per heavy atom. The van der Waals surface area contributed by atoms with E-state index in [1.165, 1.54) is 32.6 Å². The molecule has 0 bridgehead atoms. The molecule has 0 fully saturated rings. The fourth-order valence-electron chi connectivity index (χ4n) is 2.73. The lowest BCUT2D eigenvalue weighted by molar-refractivity contribution is 0.0728. The first-order valence-corrected chi connectivity index (χ1v) is 11.9. The monoisotopic (exact) mass is 532 g/mol. The SMILES string of the molecule is COc1ccc(C(=O)Oc2c(Br)cc(/C=N\NS(=O)(=O)c3ccc(C)cc3)cc2OC)cc1. The van der Waals surface area contributed by atoms with E-state index in [1.54, 1.807) is 48.5 Å². The predicted octanol–water partition coefficient (Wildman–Crippen LogP) is 4.31. The van der Waals surface area contributed by atoms with Crippen molar-refractivity contribution in [3.05, 3.63) is 81.8 Å². The smallest absolute Gasteiger partial charge is 0.343 e. The van der Waals surface area contributed by atoms with Crippen molar-refractivity contribution in [3.63, 3.8) is 0 Å². The standard InChI is InChI=1S/C23H21BrN2O6S/c1-15-4-10-19(11-5-15)33(28,29)26-25-14-16-12-20(24)22(21(13-16)31-3)32-23(27)17-6-8-18(30-2)9-7-17/h4-14,26H,1-3H3/b25-14-. The summed E-state index contributed by atoms with van der Waals surface area (Å²) in [6.45, 7) is 1.87. The van der Waals surface area contributed by atoms with Gasteiger partial charge in [0, 0.05) is 0 Å². The Hall–Kier alpha value is -3.37. The van der Waals surface area contributed by atoms with Crippen LogP contribution < -0.4 is 19.0 Å². The van der Waals surface area contributed by atoms with Crippen molar-refractivity contribution in [1.82, 2.24) is 4.83 Å². The van der Waals surface area contributed by atoms with Gasteiger partial charge in [0.05, 0.1) is 35.4 Å². The number of hydrogen-bond acceptors (Lipinski definition) is 7. The first-order valence-electron chi connectivity index (χ1n) is 9.59. The molecule has 8 nitrogen and oxygen atoms in total. The zero-order valence-corrected chi connectivity index (χ0v) is 20.4. The molecule has 0 radical (unpaired) electrons. The number of rotatable bonds is 8. The molecule has 0 spiro atoms. The summed E-state index contributed by atoms with van der Waals surface area (Å²) in [6.07, 6.45) is 1.31. The third-order valence-electron chi connectivity index (χ3n) is 4.49. The van der Waals surface area contributed by atoms with E-state index in [1.807, 2.05) is 6.92 Å². The van der Waals surface area contributed by atoms with Crippen LogP contribution in [0.25, 0.3) is 0 Å². The van der Waals surface area contributed by atoms with Gasteiger partial charge in [-0.2, -0.15) is 13.5 Å². The van der Waals surface area contributed by atoms with E-state index in [4.69, 9.17) is 14.2 Å². The third-order valence-corrected chi connectivity index (χ3v) is 6.32. The van der Waals surface area contributed by atoms with Crippen LogP contribution in [-0.2, 0) is 10.0 Å². The molecule has 33 heavy (non-hydrogen) atoms. The van der Waals surface area contributed by atoms with Crippen LogP contribution in [0.3, 0.4) is 0 Å². The number of nitrogens with zero attached hydrogens (tertiary/aromatic N) is 1. The summed E-state index contributed by atoms with van der Waals surface area (Å²) >= 11 is 3.36. The molecule has 0 aromatic heterocycles. The Bertz CT molecular complexity index is 1270.